The van der Waals surface area contributed by atoms with Crippen molar-refractivity contribution in [3.8, 4) is 5.75 Å². The van der Waals surface area contributed by atoms with Crippen molar-refractivity contribution in [1.29, 1.82) is 0 Å². The molecule has 142 valence electrons. The summed E-state index contributed by atoms with van der Waals surface area (Å²) < 4.78 is 5.93. The van der Waals surface area contributed by atoms with Gasteiger partial charge in [0.1, 0.15) is 11.9 Å². The van der Waals surface area contributed by atoms with Gasteiger partial charge in [0, 0.05) is 31.5 Å². The maximum Gasteiger partial charge on any atom is 0.317 e. The maximum atomic E-state index is 12.2. The molecule has 0 radical (unpaired) electrons. The van der Waals surface area contributed by atoms with E-state index < -0.39 is 0 Å². The number of hydrogen-bond donors (Lipinski definition) is 1. The van der Waals surface area contributed by atoms with Crippen LogP contribution < -0.4 is 10.1 Å². The van der Waals surface area contributed by atoms with Gasteiger partial charge in [-0.05, 0) is 38.0 Å². The van der Waals surface area contributed by atoms with Crippen LogP contribution in [0.1, 0.15) is 32.8 Å². The van der Waals surface area contributed by atoms with E-state index in [9.17, 15) is 9.59 Å². The molecule has 1 N–H and O–H groups in total. The van der Waals surface area contributed by atoms with Crippen molar-refractivity contribution in [2.45, 2.75) is 45.8 Å². The van der Waals surface area contributed by atoms with Crippen LogP contribution in [-0.4, -0.2) is 60.1 Å². The predicted molar refractivity (Wildman–Crippen MR) is 100 cm³/mol. The number of hydrogen-bond acceptors (Lipinski definition) is 3. The first-order valence-corrected chi connectivity index (χ1v) is 9.54. The minimum Gasteiger partial charge on any atom is -0.487 e. The smallest absolute Gasteiger partial charge is 0.317 e. The van der Waals surface area contributed by atoms with Gasteiger partial charge in [-0.2, -0.15) is 0 Å². The zero-order valence-electron chi connectivity index (χ0n) is 15.9. The van der Waals surface area contributed by atoms with E-state index in [1.165, 1.54) is 5.56 Å². The van der Waals surface area contributed by atoms with Gasteiger partial charge in [0.2, 0.25) is 5.91 Å². The molecule has 0 saturated carbocycles. The number of nitrogens with one attached hydrogen (secondary N) is 1. The first kappa shape index (κ1) is 18.5. The molecule has 1 unspecified atom stereocenters. The Kier molecular flexibility index (Phi) is 5.69. The molecule has 6 nitrogen and oxygen atoms in total. The molecule has 2 aliphatic rings. The lowest BCUT2D eigenvalue weighted by atomic mass is 10.1. The van der Waals surface area contributed by atoms with Crippen LogP contribution in [0.3, 0.4) is 0 Å². The minimum atomic E-state index is -0.0670. The summed E-state index contributed by atoms with van der Waals surface area (Å²) in [6.45, 7) is 8.65. The zero-order chi connectivity index (χ0) is 18.7. The number of carbonyl (C=O) groups excluding carboxylic acids is 2. The van der Waals surface area contributed by atoms with Crippen LogP contribution in [0.5, 0.6) is 5.75 Å². The van der Waals surface area contributed by atoms with Gasteiger partial charge in [0.05, 0.1) is 13.1 Å². The minimum absolute atomic E-state index is 0.0531. The van der Waals surface area contributed by atoms with Crippen LogP contribution in [0.2, 0.25) is 0 Å². The Bertz CT molecular complexity index is 655. The molecular formula is C20H29N3O3. The molecule has 0 aliphatic carbocycles. The Labute approximate surface area is 155 Å². The fraction of sp³-hybridized carbons (Fsp3) is 0.600. The summed E-state index contributed by atoms with van der Waals surface area (Å²) in [5.41, 5.74) is 1.25. The van der Waals surface area contributed by atoms with Crippen molar-refractivity contribution in [3.05, 3.63) is 29.8 Å². The van der Waals surface area contributed by atoms with Crippen molar-refractivity contribution < 1.29 is 14.3 Å². The average molecular weight is 359 g/mol. The number of amides is 3. The highest BCUT2D eigenvalue weighted by Gasteiger charge is 2.34. The number of aryl methyl sites for hydroxylation is 1. The largest absolute Gasteiger partial charge is 0.487 e. The number of benzene rings is 1. The van der Waals surface area contributed by atoms with Gasteiger partial charge < -0.3 is 19.9 Å². The molecule has 2 fully saturated rings. The topological polar surface area (TPSA) is 61.9 Å². The molecule has 2 heterocycles. The number of urea groups is 1. The van der Waals surface area contributed by atoms with Crippen molar-refractivity contribution in [2.24, 2.45) is 5.92 Å². The monoisotopic (exact) mass is 359 g/mol. The van der Waals surface area contributed by atoms with Crippen LogP contribution in [0, 0.1) is 5.92 Å². The summed E-state index contributed by atoms with van der Waals surface area (Å²) in [6.07, 6.45) is 1.56. The quantitative estimate of drug-likeness (QED) is 0.848. The van der Waals surface area contributed by atoms with Crippen molar-refractivity contribution in [2.75, 3.05) is 26.2 Å². The van der Waals surface area contributed by atoms with Gasteiger partial charge in [-0.1, -0.05) is 19.1 Å². The second-order valence-electron chi connectivity index (χ2n) is 7.54. The normalized spacial score (nSPS) is 20.5. The highest BCUT2D eigenvalue weighted by atomic mass is 16.5. The second-order valence-corrected chi connectivity index (χ2v) is 7.54. The van der Waals surface area contributed by atoms with Crippen LogP contribution >= 0.6 is 0 Å². The van der Waals surface area contributed by atoms with Gasteiger partial charge in [0.25, 0.3) is 0 Å². The van der Waals surface area contributed by atoms with Crippen LogP contribution in [0.25, 0.3) is 0 Å². The van der Waals surface area contributed by atoms with E-state index in [1.807, 2.05) is 30.9 Å². The molecule has 2 saturated heterocycles. The first-order chi connectivity index (χ1) is 12.5. The maximum absolute atomic E-state index is 12.2. The Morgan fingerprint density at radius 3 is 2.73 bits per heavy atom. The number of ether oxygens (including phenoxy) is 1. The summed E-state index contributed by atoms with van der Waals surface area (Å²) in [5, 5.41) is 2.96. The molecule has 0 bridgehead atoms. The first-order valence-electron chi connectivity index (χ1n) is 9.54. The third-order valence-corrected chi connectivity index (χ3v) is 5.15. The van der Waals surface area contributed by atoms with E-state index in [1.54, 1.807) is 4.90 Å². The van der Waals surface area contributed by atoms with E-state index >= 15 is 0 Å². The van der Waals surface area contributed by atoms with Crippen LogP contribution in [0.15, 0.2) is 24.3 Å². The zero-order valence-corrected chi connectivity index (χ0v) is 15.9. The van der Waals surface area contributed by atoms with Gasteiger partial charge >= 0.3 is 6.03 Å². The predicted octanol–water partition coefficient (Wildman–Crippen LogP) is 2.28. The Morgan fingerprint density at radius 1 is 1.31 bits per heavy atom. The molecule has 1 aromatic carbocycles. The highest BCUT2D eigenvalue weighted by Crippen LogP contribution is 2.21. The lowest BCUT2D eigenvalue weighted by molar-refractivity contribution is -0.129. The molecule has 0 aromatic heterocycles. The van der Waals surface area contributed by atoms with Gasteiger partial charge in [-0.25, -0.2) is 4.79 Å². The van der Waals surface area contributed by atoms with E-state index in [2.05, 4.69) is 24.4 Å². The second kappa shape index (κ2) is 7.98. The van der Waals surface area contributed by atoms with Crippen LogP contribution in [-0.2, 0) is 11.2 Å². The fourth-order valence-corrected chi connectivity index (χ4v) is 3.50. The standard InChI is InChI=1S/C20H29N3O3/c1-4-15-6-5-7-17(8-15)26-18-12-22(13-18)20(25)21-10-16-9-19(24)23(11-16)14(2)3/h5-8,14,16,18H,4,9-13H2,1-3H3,(H,21,25). The molecular weight excluding hydrogens is 330 g/mol. The molecule has 2 aliphatic heterocycles. The Morgan fingerprint density at radius 2 is 2.08 bits per heavy atom. The van der Waals surface area contributed by atoms with Crippen molar-refractivity contribution in [3.63, 3.8) is 0 Å². The number of likely N-dealkylation sites (tertiary alicyclic amines) is 2. The van der Waals surface area contributed by atoms with E-state index in [4.69, 9.17) is 4.74 Å². The van der Waals surface area contributed by atoms with Gasteiger partial charge in [-0.3, -0.25) is 4.79 Å². The number of rotatable bonds is 6. The van der Waals surface area contributed by atoms with E-state index in [-0.39, 0.29) is 30.0 Å². The summed E-state index contributed by atoms with van der Waals surface area (Å²) in [5.74, 6) is 1.26. The summed E-state index contributed by atoms with van der Waals surface area (Å²) in [4.78, 5) is 27.8. The lowest BCUT2D eigenvalue weighted by Crippen LogP contribution is -2.59. The lowest BCUT2D eigenvalue weighted by Gasteiger charge is -2.39. The third-order valence-electron chi connectivity index (χ3n) is 5.15. The molecule has 26 heavy (non-hydrogen) atoms. The van der Waals surface area contributed by atoms with Crippen molar-refractivity contribution in [1.82, 2.24) is 15.1 Å². The third kappa shape index (κ3) is 4.29. The number of nitrogens with zero attached hydrogens (tertiary/aromatic N) is 2. The van der Waals surface area contributed by atoms with Crippen LogP contribution in [0.4, 0.5) is 4.79 Å². The SMILES string of the molecule is CCc1cccc(OC2CN(C(=O)NCC3CC(=O)N(C(C)C)C3)C2)c1. The Hall–Kier alpha value is -2.24. The Balaban J connectivity index is 1.38. The molecule has 3 amide bonds. The highest BCUT2D eigenvalue weighted by molar-refractivity contribution is 5.79. The van der Waals surface area contributed by atoms with Gasteiger partial charge in [-0.15, -0.1) is 0 Å². The summed E-state index contributed by atoms with van der Waals surface area (Å²) in [6, 6.07) is 8.26. The molecule has 3 rings (SSSR count). The molecule has 6 heteroatoms. The molecule has 1 aromatic rings. The fourth-order valence-electron chi connectivity index (χ4n) is 3.50. The average Bonchev–Trinajstić information content (AvgIpc) is 2.97. The van der Waals surface area contributed by atoms with Gasteiger partial charge in [0.15, 0.2) is 0 Å². The van der Waals surface area contributed by atoms with E-state index in [0.717, 1.165) is 18.7 Å². The van der Waals surface area contributed by atoms with Crippen molar-refractivity contribution >= 4 is 11.9 Å². The van der Waals surface area contributed by atoms with E-state index in [0.29, 0.717) is 26.1 Å². The number of carbonyl (C=O) groups is 2. The molecule has 1 atom stereocenters. The summed E-state index contributed by atoms with van der Waals surface area (Å²) >= 11 is 0. The summed E-state index contributed by atoms with van der Waals surface area (Å²) in [7, 11) is 0. The molecule has 0 spiro atoms.